The zero-order chi connectivity index (χ0) is 20.8. The molecule has 6 rings (SSSR count). The van der Waals surface area contributed by atoms with Crippen molar-refractivity contribution in [3.8, 4) is 22.3 Å². The van der Waals surface area contributed by atoms with Gasteiger partial charge in [-0.05, 0) is 78.8 Å². The van der Waals surface area contributed by atoms with E-state index in [1.165, 1.54) is 43.4 Å². The fourth-order valence-corrected chi connectivity index (χ4v) is 4.91. The maximum Gasteiger partial charge on any atom is 0.0418 e. The normalized spacial score (nSPS) is 11.4. The number of fused-ring (bicyclic) bond motifs is 4. The number of halogens is 1. The summed E-state index contributed by atoms with van der Waals surface area (Å²) >= 11 is 6.67. The fraction of sp³-hybridized carbons (Fsp3) is 0. The Morgan fingerprint density at radius 3 is 1.77 bits per heavy atom. The number of hydrogen-bond donors (Lipinski definition) is 0. The van der Waals surface area contributed by atoms with Crippen LogP contribution in [0.5, 0.6) is 0 Å². The Balaban J connectivity index is 1.65. The molecule has 0 unspecified atom stereocenters. The second-order valence-electron chi connectivity index (χ2n) is 7.95. The lowest BCUT2D eigenvalue weighted by Gasteiger charge is -2.14. The third-order valence-corrected chi connectivity index (χ3v) is 6.30. The lowest BCUT2D eigenvalue weighted by atomic mass is 9.91. The molecule has 0 saturated carbocycles. The van der Waals surface area contributed by atoms with Gasteiger partial charge in [-0.3, -0.25) is 0 Å². The van der Waals surface area contributed by atoms with Gasteiger partial charge in [0.05, 0.1) is 0 Å². The summed E-state index contributed by atoms with van der Waals surface area (Å²) in [5.74, 6) is 0. The van der Waals surface area contributed by atoms with Gasteiger partial charge in [-0.2, -0.15) is 0 Å². The van der Waals surface area contributed by atoms with Crippen LogP contribution in [0, 0.1) is 0 Å². The molecule has 0 aromatic heterocycles. The predicted molar refractivity (Wildman–Crippen MR) is 135 cm³/mol. The van der Waals surface area contributed by atoms with Crippen LogP contribution in [-0.4, -0.2) is 0 Å². The van der Waals surface area contributed by atoms with Crippen LogP contribution >= 0.6 is 11.6 Å². The highest BCUT2D eigenvalue weighted by atomic mass is 35.5. The lowest BCUT2D eigenvalue weighted by molar-refractivity contribution is 1.63. The van der Waals surface area contributed by atoms with Gasteiger partial charge in [-0.15, -0.1) is 0 Å². The number of benzene rings is 6. The number of hydrogen-bond acceptors (Lipinski definition) is 0. The predicted octanol–water partition coefficient (Wildman–Crippen LogP) is 9.13. The van der Waals surface area contributed by atoms with E-state index >= 15 is 0 Å². The molecule has 1 heteroatoms. The molecule has 0 amide bonds. The minimum Gasteiger partial charge on any atom is -0.0843 e. The smallest absolute Gasteiger partial charge is 0.0418 e. The summed E-state index contributed by atoms with van der Waals surface area (Å²) in [5, 5.41) is 8.24. The third kappa shape index (κ3) is 3.08. The molecule has 0 aliphatic rings. The van der Waals surface area contributed by atoms with Crippen LogP contribution in [0.3, 0.4) is 0 Å². The average Bonchev–Trinajstić information content (AvgIpc) is 2.83. The minimum absolute atomic E-state index is 0.748. The van der Waals surface area contributed by atoms with Crippen molar-refractivity contribution >= 4 is 43.9 Å². The van der Waals surface area contributed by atoms with Crippen molar-refractivity contribution in [3.05, 3.63) is 120 Å². The molecule has 0 bridgehead atoms. The molecule has 6 aromatic carbocycles. The van der Waals surface area contributed by atoms with Gasteiger partial charge in [-0.25, -0.2) is 0 Å². The Morgan fingerprint density at radius 2 is 0.968 bits per heavy atom. The van der Waals surface area contributed by atoms with Crippen molar-refractivity contribution < 1.29 is 0 Å². The van der Waals surface area contributed by atoms with E-state index in [9.17, 15) is 0 Å². The van der Waals surface area contributed by atoms with E-state index in [4.69, 9.17) is 11.6 Å². The van der Waals surface area contributed by atoms with Gasteiger partial charge < -0.3 is 0 Å². The first-order chi connectivity index (χ1) is 15.3. The van der Waals surface area contributed by atoms with Crippen LogP contribution in [0.2, 0.25) is 5.02 Å². The molecule has 6 aromatic rings. The van der Waals surface area contributed by atoms with Crippen molar-refractivity contribution in [1.82, 2.24) is 0 Å². The van der Waals surface area contributed by atoms with Gasteiger partial charge in [0, 0.05) is 5.02 Å². The summed E-state index contributed by atoms with van der Waals surface area (Å²) in [4.78, 5) is 0. The number of rotatable bonds is 2. The van der Waals surface area contributed by atoms with Gasteiger partial charge in [0.1, 0.15) is 0 Å². The summed E-state index contributed by atoms with van der Waals surface area (Å²) < 4.78 is 0. The van der Waals surface area contributed by atoms with Crippen LogP contribution in [0.25, 0.3) is 54.6 Å². The SMILES string of the molecule is Clc1cc(-c2cccc3ccccc23)cc(-c2cc3ccccc3c3ccccc23)c1. The van der Waals surface area contributed by atoms with Gasteiger partial charge >= 0.3 is 0 Å². The molecule has 0 spiro atoms. The summed E-state index contributed by atoms with van der Waals surface area (Å²) in [6, 6.07) is 40.9. The minimum atomic E-state index is 0.748. The maximum absolute atomic E-state index is 6.67. The standard InChI is InChI=1S/C30H19Cl/c31-24-17-22(27-15-7-10-20-8-1-3-11-25(20)27)16-23(18-24)30-19-21-9-2-4-12-26(21)28-13-5-6-14-29(28)30/h1-19H. The highest BCUT2D eigenvalue weighted by molar-refractivity contribution is 6.31. The molecule has 146 valence electrons. The van der Waals surface area contributed by atoms with E-state index in [0.29, 0.717) is 0 Å². The highest BCUT2D eigenvalue weighted by Crippen LogP contribution is 2.39. The van der Waals surface area contributed by atoms with E-state index in [1.807, 2.05) is 0 Å². The lowest BCUT2D eigenvalue weighted by Crippen LogP contribution is -1.87. The monoisotopic (exact) mass is 414 g/mol. The van der Waals surface area contributed by atoms with Crippen molar-refractivity contribution in [2.45, 2.75) is 0 Å². The molecule has 0 aliphatic heterocycles. The quantitative estimate of drug-likeness (QED) is 0.248. The van der Waals surface area contributed by atoms with Crippen LogP contribution in [0.4, 0.5) is 0 Å². The van der Waals surface area contributed by atoms with E-state index in [-0.39, 0.29) is 0 Å². The fourth-order valence-electron chi connectivity index (χ4n) is 4.67. The van der Waals surface area contributed by atoms with E-state index in [2.05, 4.69) is 115 Å². The molecule has 0 nitrogen and oxygen atoms in total. The summed E-state index contributed by atoms with van der Waals surface area (Å²) in [6.45, 7) is 0. The van der Waals surface area contributed by atoms with Gasteiger partial charge in [-0.1, -0.05) is 103 Å². The summed E-state index contributed by atoms with van der Waals surface area (Å²) in [5.41, 5.74) is 4.68. The molecular weight excluding hydrogens is 396 g/mol. The molecule has 31 heavy (non-hydrogen) atoms. The van der Waals surface area contributed by atoms with E-state index in [0.717, 1.165) is 16.1 Å². The van der Waals surface area contributed by atoms with Crippen molar-refractivity contribution in [1.29, 1.82) is 0 Å². The van der Waals surface area contributed by atoms with Crippen LogP contribution in [0.1, 0.15) is 0 Å². The maximum atomic E-state index is 6.67. The van der Waals surface area contributed by atoms with E-state index < -0.39 is 0 Å². The average molecular weight is 415 g/mol. The van der Waals surface area contributed by atoms with Gasteiger partial charge in [0.2, 0.25) is 0 Å². The Bertz CT molecular complexity index is 1590. The van der Waals surface area contributed by atoms with E-state index in [1.54, 1.807) is 0 Å². The first kappa shape index (κ1) is 18.2. The van der Waals surface area contributed by atoms with Crippen LogP contribution in [-0.2, 0) is 0 Å². The van der Waals surface area contributed by atoms with Crippen LogP contribution in [0.15, 0.2) is 115 Å². The first-order valence-corrected chi connectivity index (χ1v) is 10.9. The molecule has 0 heterocycles. The largest absolute Gasteiger partial charge is 0.0843 e. The second kappa shape index (κ2) is 7.27. The van der Waals surface area contributed by atoms with Crippen molar-refractivity contribution in [2.24, 2.45) is 0 Å². The Labute approximate surface area is 186 Å². The summed E-state index contributed by atoms with van der Waals surface area (Å²) in [6.07, 6.45) is 0. The molecule has 0 atom stereocenters. The Hall–Kier alpha value is -3.61. The zero-order valence-electron chi connectivity index (χ0n) is 16.8. The first-order valence-electron chi connectivity index (χ1n) is 10.5. The topological polar surface area (TPSA) is 0 Å². The Kier molecular flexibility index (Phi) is 4.26. The molecule has 0 N–H and O–H groups in total. The second-order valence-corrected chi connectivity index (χ2v) is 8.38. The van der Waals surface area contributed by atoms with Gasteiger partial charge in [0.15, 0.2) is 0 Å². The van der Waals surface area contributed by atoms with Crippen LogP contribution < -0.4 is 0 Å². The third-order valence-electron chi connectivity index (χ3n) is 6.08. The molecule has 0 aliphatic carbocycles. The molecule has 0 saturated heterocycles. The molecule has 0 fully saturated rings. The van der Waals surface area contributed by atoms with Gasteiger partial charge in [0.25, 0.3) is 0 Å². The highest BCUT2D eigenvalue weighted by Gasteiger charge is 2.12. The molecular formula is C30H19Cl. The Morgan fingerprint density at radius 1 is 0.387 bits per heavy atom. The zero-order valence-corrected chi connectivity index (χ0v) is 17.6. The summed E-state index contributed by atoms with van der Waals surface area (Å²) in [7, 11) is 0. The van der Waals surface area contributed by atoms with Crippen molar-refractivity contribution in [3.63, 3.8) is 0 Å². The molecule has 0 radical (unpaired) electrons. The van der Waals surface area contributed by atoms with Crippen molar-refractivity contribution in [2.75, 3.05) is 0 Å².